The van der Waals surface area contributed by atoms with Gasteiger partial charge < -0.3 is 9.47 Å². The van der Waals surface area contributed by atoms with Crippen molar-refractivity contribution in [2.45, 2.75) is 76.9 Å². The van der Waals surface area contributed by atoms with Gasteiger partial charge in [-0.2, -0.15) is 0 Å². The van der Waals surface area contributed by atoms with Gasteiger partial charge in [0.15, 0.2) is 11.9 Å². The molecular weight excluding hydrogens is 316 g/mol. The second-order valence-corrected chi connectivity index (χ2v) is 17.7. The predicted octanol–water partition coefficient (Wildman–Crippen LogP) is 4.61. The van der Waals surface area contributed by atoms with Crippen LogP contribution in [0, 0.1) is 22.9 Å². The van der Waals surface area contributed by atoms with E-state index in [-0.39, 0.29) is 6.29 Å². The van der Waals surface area contributed by atoms with Gasteiger partial charge in [-0.3, -0.25) is 0 Å². The molecule has 0 aromatic rings. The van der Waals surface area contributed by atoms with Gasteiger partial charge in [-0.25, -0.2) is 0 Å². The van der Waals surface area contributed by atoms with Crippen LogP contribution in [0.25, 0.3) is 0 Å². The summed E-state index contributed by atoms with van der Waals surface area (Å²) in [4.78, 5) is 0. The van der Waals surface area contributed by atoms with Crippen molar-refractivity contribution >= 4 is 16.1 Å². The molecule has 1 aliphatic rings. The van der Waals surface area contributed by atoms with Crippen molar-refractivity contribution in [2.75, 3.05) is 6.61 Å². The first kappa shape index (κ1) is 20.3. The average Bonchev–Trinajstić information content (AvgIpc) is 2.43. The molecule has 128 valence electrons. The molecule has 0 spiro atoms. The van der Waals surface area contributed by atoms with Crippen LogP contribution in [0.2, 0.25) is 39.3 Å². The van der Waals surface area contributed by atoms with Crippen molar-refractivity contribution in [1.82, 2.24) is 0 Å². The first-order valence-corrected chi connectivity index (χ1v) is 15.5. The van der Waals surface area contributed by atoms with E-state index in [1.54, 1.807) is 0 Å². The number of ether oxygens (including phenoxy) is 2. The lowest BCUT2D eigenvalue weighted by molar-refractivity contribution is -0.192. The fraction of sp³-hybridized carbons (Fsp3) is 0.684. The van der Waals surface area contributed by atoms with E-state index in [0.29, 0.717) is 6.42 Å². The molecule has 1 heterocycles. The third kappa shape index (κ3) is 8.58. The van der Waals surface area contributed by atoms with E-state index >= 15 is 0 Å². The van der Waals surface area contributed by atoms with Crippen molar-refractivity contribution in [3.8, 4) is 22.9 Å². The van der Waals surface area contributed by atoms with Crippen molar-refractivity contribution in [3.63, 3.8) is 0 Å². The zero-order chi connectivity index (χ0) is 17.6. The van der Waals surface area contributed by atoms with E-state index in [4.69, 9.17) is 9.47 Å². The second kappa shape index (κ2) is 8.35. The van der Waals surface area contributed by atoms with Crippen LogP contribution in [0.5, 0.6) is 0 Å². The molecule has 0 aromatic carbocycles. The smallest absolute Gasteiger partial charge is 0.195 e. The van der Waals surface area contributed by atoms with Gasteiger partial charge in [0.2, 0.25) is 0 Å². The van der Waals surface area contributed by atoms with Crippen LogP contribution in [0.4, 0.5) is 0 Å². The lowest BCUT2D eigenvalue weighted by Crippen LogP contribution is -2.38. The normalized spacial score (nSPS) is 19.1. The maximum absolute atomic E-state index is 6.31. The maximum atomic E-state index is 6.31. The van der Waals surface area contributed by atoms with E-state index in [1.165, 1.54) is 0 Å². The lowest BCUT2D eigenvalue weighted by atomic mass is 10.0. The predicted molar refractivity (Wildman–Crippen MR) is 104 cm³/mol. The standard InChI is InChI=1S/C19H32O2Si2/c1-8-12-19(13-16-22(2,3)4,14-17-23(5,6)7)21-18-11-9-10-15-20-18/h8,18H,1,9-12,15H2,2-7H3. The van der Waals surface area contributed by atoms with Crippen LogP contribution in [0.3, 0.4) is 0 Å². The number of hydrogen-bond donors (Lipinski definition) is 0. The van der Waals surface area contributed by atoms with E-state index in [1.807, 2.05) is 6.08 Å². The Bertz CT molecular complexity index is 480. The minimum absolute atomic E-state index is 0.199. The summed E-state index contributed by atoms with van der Waals surface area (Å²) < 4.78 is 12.1. The Labute approximate surface area is 145 Å². The molecule has 0 aromatic heterocycles. The summed E-state index contributed by atoms with van der Waals surface area (Å²) in [5.41, 5.74) is 6.12. The highest BCUT2D eigenvalue weighted by molar-refractivity contribution is 6.84. The quantitative estimate of drug-likeness (QED) is 0.420. The summed E-state index contributed by atoms with van der Waals surface area (Å²) in [6.45, 7) is 18.1. The van der Waals surface area contributed by atoms with E-state index in [2.05, 4.69) is 68.8 Å². The van der Waals surface area contributed by atoms with E-state index in [9.17, 15) is 0 Å². The molecular formula is C19H32O2Si2. The SMILES string of the molecule is C=CCC(C#C[Si](C)(C)C)(C#C[Si](C)(C)C)OC1CCCCO1. The highest BCUT2D eigenvalue weighted by atomic mass is 28.3. The molecule has 0 N–H and O–H groups in total. The third-order valence-electron chi connectivity index (χ3n) is 3.18. The fourth-order valence-electron chi connectivity index (χ4n) is 2.05. The Morgan fingerprint density at radius 2 is 1.65 bits per heavy atom. The Balaban J connectivity index is 3.17. The van der Waals surface area contributed by atoms with Gasteiger partial charge >= 0.3 is 0 Å². The minimum Gasteiger partial charge on any atom is -0.353 e. The second-order valence-electron chi connectivity index (χ2n) is 8.23. The van der Waals surface area contributed by atoms with Gasteiger partial charge in [0.1, 0.15) is 16.1 Å². The molecule has 23 heavy (non-hydrogen) atoms. The average molecular weight is 349 g/mol. The molecule has 1 saturated heterocycles. The molecule has 0 saturated carbocycles. The highest BCUT2D eigenvalue weighted by Crippen LogP contribution is 2.24. The topological polar surface area (TPSA) is 18.5 Å². The van der Waals surface area contributed by atoms with Crippen molar-refractivity contribution < 1.29 is 9.47 Å². The fourth-order valence-corrected chi connectivity index (χ4v) is 3.20. The molecule has 0 aliphatic carbocycles. The Kier molecular flexibility index (Phi) is 7.36. The Morgan fingerprint density at radius 1 is 1.09 bits per heavy atom. The van der Waals surface area contributed by atoms with Gasteiger partial charge in [-0.15, -0.1) is 17.7 Å². The van der Waals surface area contributed by atoms with Gasteiger partial charge in [0, 0.05) is 13.0 Å². The van der Waals surface area contributed by atoms with Crippen molar-refractivity contribution in [2.24, 2.45) is 0 Å². The van der Waals surface area contributed by atoms with Gasteiger partial charge in [0.25, 0.3) is 0 Å². The molecule has 0 amide bonds. The van der Waals surface area contributed by atoms with Crippen molar-refractivity contribution in [3.05, 3.63) is 12.7 Å². The van der Waals surface area contributed by atoms with E-state index < -0.39 is 21.7 Å². The van der Waals surface area contributed by atoms with Gasteiger partial charge in [0.05, 0.1) is 0 Å². The first-order chi connectivity index (χ1) is 10.6. The molecule has 0 bridgehead atoms. The highest BCUT2D eigenvalue weighted by Gasteiger charge is 2.31. The Morgan fingerprint density at radius 3 is 2.04 bits per heavy atom. The first-order valence-electron chi connectivity index (χ1n) is 8.54. The summed E-state index contributed by atoms with van der Waals surface area (Å²) in [7, 11) is -3.02. The van der Waals surface area contributed by atoms with Crippen LogP contribution >= 0.6 is 0 Å². The number of hydrogen-bond acceptors (Lipinski definition) is 2. The zero-order valence-electron chi connectivity index (χ0n) is 15.7. The zero-order valence-corrected chi connectivity index (χ0v) is 17.7. The number of rotatable bonds is 4. The minimum atomic E-state index is -1.51. The molecule has 1 aliphatic heterocycles. The molecule has 0 radical (unpaired) electrons. The maximum Gasteiger partial charge on any atom is 0.195 e. The van der Waals surface area contributed by atoms with Crippen LogP contribution in [0.1, 0.15) is 25.7 Å². The largest absolute Gasteiger partial charge is 0.353 e. The van der Waals surface area contributed by atoms with Crippen LogP contribution in [0.15, 0.2) is 12.7 Å². The summed E-state index contributed by atoms with van der Waals surface area (Å²) in [5.74, 6) is 6.76. The molecule has 2 nitrogen and oxygen atoms in total. The molecule has 4 heteroatoms. The summed E-state index contributed by atoms with van der Waals surface area (Å²) >= 11 is 0. The summed E-state index contributed by atoms with van der Waals surface area (Å²) in [6, 6.07) is 0. The monoisotopic (exact) mass is 348 g/mol. The summed E-state index contributed by atoms with van der Waals surface area (Å²) in [5, 5.41) is 0. The Hall–Kier alpha value is -0.786. The van der Waals surface area contributed by atoms with Crippen LogP contribution in [-0.4, -0.2) is 34.6 Å². The van der Waals surface area contributed by atoms with Crippen LogP contribution in [-0.2, 0) is 9.47 Å². The van der Waals surface area contributed by atoms with Crippen molar-refractivity contribution in [1.29, 1.82) is 0 Å². The lowest BCUT2D eigenvalue weighted by Gasteiger charge is -2.31. The van der Waals surface area contributed by atoms with Gasteiger partial charge in [-0.1, -0.05) is 57.2 Å². The molecule has 1 fully saturated rings. The molecule has 1 rings (SSSR count). The summed E-state index contributed by atoms with van der Waals surface area (Å²) in [6.07, 6.45) is 5.44. The van der Waals surface area contributed by atoms with E-state index in [0.717, 1.165) is 25.9 Å². The van der Waals surface area contributed by atoms with Gasteiger partial charge in [-0.05, 0) is 19.3 Å². The van der Waals surface area contributed by atoms with Crippen LogP contribution < -0.4 is 0 Å². The molecule has 1 atom stereocenters. The third-order valence-corrected chi connectivity index (χ3v) is 4.93. The molecule has 1 unspecified atom stereocenters.